The van der Waals surface area contributed by atoms with Crippen LogP contribution in [0.5, 0.6) is 17.6 Å². The number of nitrogens with zero attached hydrogens (tertiary/aromatic N) is 9. The molecule has 83 heavy (non-hydrogen) atoms. The van der Waals surface area contributed by atoms with E-state index >= 15 is 4.39 Å². The first-order chi connectivity index (χ1) is 40.1. The molecule has 6 heterocycles. The van der Waals surface area contributed by atoms with Crippen LogP contribution in [0.25, 0.3) is 43.2 Å². The smallest absolute Gasteiger partial charge is 0.319 e. The van der Waals surface area contributed by atoms with Crippen molar-refractivity contribution in [2.45, 2.75) is 95.9 Å². The van der Waals surface area contributed by atoms with Gasteiger partial charge in [0.25, 0.3) is 5.88 Å². The van der Waals surface area contributed by atoms with Gasteiger partial charge in [-0.1, -0.05) is 87.5 Å². The summed E-state index contributed by atoms with van der Waals surface area (Å²) in [5.74, 6) is -1.67. The summed E-state index contributed by atoms with van der Waals surface area (Å²) in [6, 6.07) is 22.6. The SMILES string of the molecule is C=CC(=O)N1CCN(c2nc(OCCN3CCC(OCCOc4cc([C@H](C(=O)N5C[C@@H](O)C[C@H]5C(=O)C[C@@H](C)c5ccc(-c6scnc6C)cc5)C(C)C)on4)CC3)nc3c(F)c(-c4cc(O)cc5ccccc45)c(Cl)cc23)C[C@@H]1CC#N. The summed E-state index contributed by atoms with van der Waals surface area (Å²) in [5, 5.41) is 37.1. The van der Waals surface area contributed by atoms with Crippen molar-refractivity contribution >= 4 is 68.0 Å². The molecule has 3 aliphatic heterocycles. The van der Waals surface area contributed by atoms with Crippen LogP contribution in [0.4, 0.5) is 10.2 Å². The number of β-amino-alcohol motifs (C(OH)–C–C–N with tert-alkyl or cyclic N) is 1. The average Bonchev–Trinajstić information content (AvgIpc) is 4.00. The normalized spacial score (nSPS) is 18.6. The van der Waals surface area contributed by atoms with Gasteiger partial charge in [-0.3, -0.25) is 19.3 Å². The van der Waals surface area contributed by atoms with Crippen LogP contribution >= 0.6 is 22.9 Å². The lowest BCUT2D eigenvalue weighted by molar-refractivity contribution is -0.140. The number of nitriles is 1. The molecule has 10 rings (SSSR count). The highest BCUT2D eigenvalue weighted by molar-refractivity contribution is 7.13. The molecule has 3 aliphatic rings. The van der Waals surface area contributed by atoms with E-state index in [9.17, 15) is 29.9 Å². The fourth-order valence-corrected chi connectivity index (χ4v) is 12.8. The standard InChI is InChI=1S/C62H67ClFN9O9S/c1-6-54(77)72-22-21-71(33-42(72)15-18-65)60-48-31-49(63)56(47-29-43(74)28-41-9-7-8-10-46(41)47)57(64)58(48)67-62(68-60)81-24-23-70-19-16-45(17-20-70)79-25-26-80-53-32-52(82-69-53)55(36(2)3)61(78)73-34-44(75)30-50(73)51(76)27-37(4)39-11-13-40(14-12-39)59-38(5)66-35-83-59/h6-14,28-29,31-32,35-37,42,44-45,50,55,74-75H,1,15-17,19-27,30,33-34H2,2-5H3/t37-,42+,44+,50+,55-/m1/s1. The Morgan fingerprint density at radius 3 is 2.48 bits per heavy atom. The topological polar surface area (TPSA) is 221 Å². The highest BCUT2D eigenvalue weighted by Crippen LogP contribution is 2.43. The van der Waals surface area contributed by atoms with Crippen molar-refractivity contribution in [2.75, 3.05) is 70.5 Å². The molecule has 3 aromatic heterocycles. The van der Waals surface area contributed by atoms with Crippen LogP contribution in [0.2, 0.25) is 5.02 Å². The van der Waals surface area contributed by atoms with Crippen LogP contribution in [0, 0.1) is 30.0 Å². The highest BCUT2D eigenvalue weighted by atomic mass is 35.5. The fraction of sp³-hybridized carbons (Fsp3) is 0.419. The molecular formula is C62H67ClFN9O9S. The van der Waals surface area contributed by atoms with E-state index in [0.717, 1.165) is 47.6 Å². The molecular weight excluding hydrogens is 1100 g/mol. The van der Waals surface area contributed by atoms with Crippen LogP contribution in [0.3, 0.4) is 0 Å². The zero-order valence-corrected chi connectivity index (χ0v) is 48.5. The number of aliphatic hydroxyl groups is 1. The first-order valence-electron chi connectivity index (χ1n) is 28.1. The number of aryl methyl sites for hydroxylation is 1. The highest BCUT2D eigenvalue weighted by Gasteiger charge is 2.43. The van der Waals surface area contributed by atoms with Crippen molar-refractivity contribution in [3.8, 4) is 45.3 Å². The van der Waals surface area contributed by atoms with Crippen LogP contribution in [-0.4, -0.2) is 153 Å². The van der Waals surface area contributed by atoms with Gasteiger partial charge >= 0.3 is 6.01 Å². The molecule has 0 spiro atoms. The minimum Gasteiger partial charge on any atom is -0.508 e. The number of ether oxygens (including phenoxy) is 3. The molecule has 7 aromatic rings. The minimum absolute atomic E-state index is 0.0220. The maximum absolute atomic E-state index is 17.2. The first kappa shape index (κ1) is 58.6. The fourth-order valence-electron chi connectivity index (χ4n) is 11.7. The number of aromatic nitrogens is 4. The molecule has 21 heteroatoms. The first-order valence-corrected chi connectivity index (χ1v) is 29.4. The number of aliphatic hydroxyl groups excluding tert-OH is 1. The number of piperidine rings is 1. The van der Waals surface area contributed by atoms with Crippen molar-refractivity contribution in [3.05, 3.63) is 119 Å². The number of carbonyl (C=O) groups excluding carboxylic acids is 3. The van der Waals surface area contributed by atoms with Gasteiger partial charge in [0, 0.05) is 75.7 Å². The summed E-state index contributed by atoms with van der Waals surface area (Å²) < 4.78 is 41.3. The third-order valence-electron chi connectivity index (χ3n) is 16.1. The predicted octanol–water partition coefficient (Wildman–Crippen LogP) is 9.89. The largest absolute Gasteiger partial charge is 0.508 e. The van der Waals surface area contributed by atoms with Gasteiger partial charge in [-0.15, -0.1) is 11.3 Å². The Hall–Kier alpha value is -7.54. The minimum atomic E-state index is -0.827. The number of piperazine rings is 1. The third-order valence-corrected chi connectivity index (χ3v) is 17.3. The predicted molar refractivity (Wildman–Crippen MR) is 314 cm³/mol. The molecule has 4 aromatic carbocycles. The number of phenolic OH excluding ortho intramolecular Hbond substituents is 1. The number of anilines is 1. The van der Waals surface area contributed by atoms with E-state index < -0.39 is 29.9 Å². The molecule has 0 saturated carbocycles. The Morgan fingerprint density at radius 2 is 1.75 bits per heavy atom. The Morgan fingerprint density at radius 1 is 0.964 bits per heavy atom. The number of benzene rings is 4. The van der Waals surface area contributed by atoms with Crippen molar-refractivity contribution in [2.24, 2.45) is 5.92 Å². The van der Waals surface area contributed by atoms with E-state index in [-0.39, 0.29) is 128 Å². The Bertz CT molecular complexity index is 3550. The van der Waals surface area contributed by atoms with Gasteiger partial charge < -0.3 is 43.6 Å². The van der Waals surface area contributed by atoms with Crippen LogP contribution < -0.4 is 14.4 Å². The van der Waals surface area contributed by atoms with E-state index in [1.165, 1.54) is 17.0 Å². The van der Waals surface area contributed by atoms with E-state index in [1.807, 2.05) is 86.6 Å². The van der Waals surface area contributed by atoms with Gasteiger partial charge in [-0.2, -0.15) is 15.2 Å². The number of hydrogen-bond donors (Lipinski definition) is 2. The van der Waals surface area contributed by atoms with Gasteiger partial charge in [0.1, 0.15) is 36.2 Å². The lowest BCUT2D eigenvalue weighted by Gasteiger charge is -2.41. The molecule has 0 unspecified atom stereocenters. The Labute approximate surface area is 490 Å². The zero-order chi connectivity index (χ0) is 58.5. The van der Waals surface area contributed by atoms with Crippen LogP contribution in [0.1, 0.15) is 81.7 Å². The second kappa shape index (κ2) is 25.9. The molecule has 0 radical (unpaired) electrons. The molecule has 18 nitrogen and oxygen atoms in total. The number of aromatic hydroxyl groups is 1. The van der Waals surface area contributed by atoms with Gasteiger partial charge in [0.15, 0.2) is 17.4 Å². The zero-order valence-electron chi connectivity index (χ0n) is 46.9. The van der Waals surface area contributed by atoms with Crippen molar-refractivity contribution in [1.82, 2.24) is 34.8 Å². The quantitative estimate of drug-likeness (QED) is 0.0505. The lowest BCUT2D eigenvalue weighted by Crippen LogP contribution is -2.55. The van der Waals surface area contributed by atoms with E-state index in [2.05, 4.69) is 32.7 Å². The van der Waals surface area contributed by atoms with E-state index in [1.54, 1.807) is 34.4 Å². The maximum Gasteiger partial charge on any atom is 0.319 e. The molecule has 3 fully saturated rings. The Balaban J connectivity index is 0.726. The summed E-state index contributed by atoms with van der Waals surface area (Å²) in [6.45, 7) is 14.9. The van der Waals surface area contributed by atoms with Gasteiger partial charge in [-0.25, -0.2) is 9.37 Å². The van der Waals surface area contributed by atoms with Crippen molar-refractivity contribution in [3.63, 3.8) is 0 Å². The summed E-state index contributed by atoms with van der Waals surface area (Å²) >= 11 is 8.54. The number of ketones is 1. The molecule has 5 atom stereocenters. The molecule has 0 aliphatic carbocycles. The monoisotopic (exact) mass is 1170 g/mol. The average molecular weight is 1170 g/mol. The lowest BCUT2D eigenvalue weighted by atomic mass is 9.89. The third kappa shape index (κ3) is 13.0. The molecule has 2 amide bonds. The number of amides is 2. The summed E-state index contributed by atoms with van der Waals surface area (Å²) in [5.41, 5.74) is 5.31. The number of phenols is 1. The molecule has 2 N–H and O–H groups in total. The summed E-state index contributed by atoms with van der Waals surface area (Å²) in [6.07, 6.45) is 2.33. The number of carbonyl (C=O) groups is 3. The van der Waals surface area contributed by atoms with Crippen molar-refractivity contribution in [1.29, 1.82) is 5.26 Å². The number of fused-ring (bicyclic) bond motifs is 2. The number of likely N-dealkylation sites (tertiary alicyclic amines) is 2. The second-order valence-electron chi connectivity index (χ2n) is 21.9. The number of thiazole rings is 1. The van der Waals surface area contributed by atoms with E-state index in [0.29, 0.717) is 46.4 Å². The van der Waals surface area contributed by atoms with Gasteiger partial charge in [0.2, 0.25) is 11.8 Å². The van der Waals surface area contributed by atoms with Crippen LogP contribution in [0.15, 0.2) is 95.5 Å². The van der Waals surface area contributed by atoms with Crippen molar-refractivity contribution < 1.29 is 47.7 Å². The Kier molecular flexibility index (Phi) is 18.3. The molecule has 434 valence electrons. The molecule has 3 saturated heterocycles. The second-order valence-corrected chi connectivity index (χ2v) is 23.2. The summed E-state index contributed by atoms with van der Waals surface area (Å²) in [7, 11) is 0. The van der Waals surface area contributed by atoms with Gasteiger partial charge in [-0.05, 0) is 88.5 Å². The maximum atomic E-state index is 17.2. The number of hydrogen-bond acceptors (Lipinski definition) is 17. The summed E-state index contributed by atoms with van der Waals surface area (Å²) in [4.78, 5) is 63.1. The van der Waals surface area contributed by atoms with E-state index in [4.69, 9.17) is 35.3 Å². The molecule has 0 bridgehead atoms. The van der Waals surface area contributed by atoms with Crippen LogP contribution in [-0.2, 0) is 19.1 Å². The number of halogens is 2. The van der Waals surface area contributed by atoms with Gasteiger partial charge in [0.05, 0.1) is 64.5 Å². The number of rotatable bonds is 21. The number of Topliss-reactive ketones (excluding diaryl/α,β-unsaturated/α-hetero) is 1.